The maximum atomic E-state index is 13.5. The van der Waals surface area contributed by atoms with E-state index in [2.05, 4.69) is 0 Å². The van der Waals surface area contributed by atoms with Crippen LogP contribution < -0.4 is 4.90 Å². The number of fused-ring (bicyclic) bond motifs is 1. The summed E-state index contributed by atoms with van der Waals surface area (Å²) in [5, 5.41) is 11.0. The summed E-state index contributed by atoms with van der Waals surface area (Å²) < 4.78 is 46.2. The van der Waals surface area contributed by atoms with Gasteiger partial charge in [0, 0.05) is 49.8 Å². The Morgan fingerprint density at radius 1 is 1.33 bits per heavy atom. The molecule has 2 aliphatic rings. The lowest BCUT2D eigenvalue weighted by Gasteiger charge is -2.44. The second kappa shape index (κ2) is 8.99. The molecule has 0 N–H and O–H groups in total. The quantitative estimate of drug-likeness (QED) is 0.611. The lowest BCUT2D eigenvalue weighted by molar-refractivity contribution is -0.137. The molecule has 2 atom stereocenters. The molecule has 0 aliphatic carbocycles. The molecule has 9 heteroatoms. The standard InChI is InChI=1S/C24H26F3N3O2S/c1-3-32-15-23-7-8-29(19-5-4-17(11-28)20(10-19)24(25,26)27)12-18(23)13-30(14-23)22(31)21-16(2)6-9-33-21/h4-6,9-10,18H,3,7-8,12-15H2,1-2H3. The molecule has 176 valence electrons. The van der Waals surface area contributed by atoms with Crippen molar-refractivity contribution in [2.75, 3.05) is 44.3 Å². The van der Waals surface area contributed by atoms with Gasteiger partial charge in [-0.15, -0.1) is 11.3 Å². The van der Waals surface area contributed by atoms with Gasteiger partial charge >= 0.3 is 6.18 Å². The summed E-state index contributed by atoms with van der Waals surface area (Å²) in [6, 6.07) is 7.46. The van der Waals surface area contributed by atoms with E-state index >= 15 is 0 Å². The number of amides is 1. The molecule has 2 fully saturated rings. The minimum atomic E-state index is -4.59. The number of aryl methyl sites for hydroxylation is 1. The van der Waals surface area contributed by atoms with Crippen LogP contribution in [0.2, 0.25) is 0 Å². The van der Waals surface area contributed by atoms with E-state index in [4.69, 9.17) is 10.00 Å². The highest BCUT2D eigenvalue weighted by molar-refractivity contribution is 7.12. The van der Waals surface area contributed by atoms with Crippen LogP contribution in [0.25, 0.3) is 0 Å². The van der Waals surface area contributed by atoms with Gasteiger partial charge in [-0.25, -0.2) is 0 Å². The minimum absolute atomic E-state index is 0.0112. The van der Waals surface area contributed by atoms with Gasteiger partial charge < -0.3 is 14.5 Å². The molecule has 0 radical (unpaired) electrons. The highest BCUT2D eigenvalue weighted by Gasteiger charge is 2.51. The van der Waals surface area contributed by atoms with E-state index in [0.717, 1.165) is 16.5 Å². The molecule has 3 heterocycles. The van der Waals surface area contributed by atoms with Crippen LogP contribution in [0.1, 0.15) is 39.7 Å². The predicted molar refractivity (Wildman–Crippen MR) is 120 cm³/mol. The number of nitriles is 1. The van der Waals surface area contributed by atoms with Crippen molar-refractivity contribution in [3.8, 4) is 6.07 Å². The number of likely N-dealkylation sites (tertiary alicyclic amines) is 1. The number of hydrogen-bond donors (Lipinski definition) is 0. The minimum Gasteiger partial charge on any atom is -0.381 e. The van der Waals surface area contributed by atoms with Gasteiger partial charge in [-0.1, -0.05) is 0 Å². The van der Waals surface area contributed by atoms with Crippen molar-refractivity contribution < 1.29 is 22.7 Å². The zero-order chi connectivity index (χ0) is 23.8. The van der Waals surface area contributed by atoms with Crippen LogP contribution >= 0.6 is 11.3 Å². The lowest BCUT2D eigenvalue weighted by atomic mass is 9.73. The van der Waals surface area contributed by atoms with Crippen molar-refractivity contribution in [1.82, 2.24) is 4.90 Å². The summed E-state index contributed by atoms with van der Waals surface area (Å²) in [4.78, 5) is 17.7. The Morgan fingerprint density at radius 3 is 2.76 bits per heavy atom. The molecule has 33 heavy (non-hydrogen) atoms. The van der Waals surface area contributed by atoms with Gasteiger partial charge in [-0.05, 0) is 55.5 Å². The average molecular weight is 478 g/mol. The van der Waals surface area contributed by atoms with Gasteiger partial charge in [0.1, 0.15) is 0 Å². The third-order valence-electron chi connectivity index (χ3n) is 6.86. The topological polar surface area (TPSA) is 56.6 Å². The highest BCUT2D eigenvalue weighted by atomic mass is 32.1. The Hall–Kier alpha value is -2.57. The summed E-state index contributed by atoms with van der Waals surface area (Å²) in [6.45, 7) is 7.18. The number of nitrogens with zero attached hydrogens (tertiary/aromatic N) is 3. The zero-order valence-electron chi connectivity index (χ0n) is 18.6. The number of benzene rings is 1. The summed E-state index contributed by atoms with van der Waals surface area (Å²) in [5.41, 5.74) is -0.0990. The molecule has 5 nitrogen and oxygen atoms in total. The van der Waals surface area contributed by atoms with E-state index < -0.39 is 11.7 Å². The number of carbonyl (C=O) groups is 1. The van der Waals surface area contributed by atoms with Crippen LogP contribution in [-0.4, -0.2) is 50.2 Å². The van der Waals surface area contributed by atoms with Crippen LogP contribution in [0.15, 0.2) is 29.6 Å². The van der Waals surface area contributed by atoms with Crippen molar-refractivity contribution in [3.05, 3.63) is 51.2 Å². The molecule has 0 spiro atoms. The highest BCUT2D eigenvalue weighted by Crippen LogP contribution is 2.45. The fraction of sp³-hybridized carbons (Fsp3) is 0.500. The zero-order valence-corrected chi connectivity index (χ0v) is 19.4. The number of ether oxygens (including phenoxy) is 1. The van der Waals surface area contributed by atoms with Gasteiger partial charge in [0.05, 0.1) is 28.7 Å². The lowest BCUT2D eigenvalue weighted by Crippen LogP contribution is -2.49. The van der Waals surface area contributed by atoms with E-state index in [1.165, 1.54) is 17.4 Å². The van der Waals surface area contributed by atoms with Crippen molar-refractivity contribution in [3.63, 3.8) is 0 Å². The van der Waals surface area contributed by atoms with Crippen LogP contribution in [0, 0.1) is 29.6 Å². The first-order valence-electron chi connectivity index (χ1n) is 11.0. The SMILES string of the molecule is CCOCC12CCN(c3ccc(C#N)c(C(F)(F)F)c3)CC1CN(C(=O)c1sccc1C)C2. The Balaban J connectivity index is 1.59. The van der Waals surface area contributed by atoms with Crippen molar-refractivity contribution in [2.24, 2.45) is 11.3 Å². The van der Waals surface area contributed by atoms with E-state index in [0.29, 0.717) is 51.5 Å². The number of carbonyl (C=O) groups excluding carboxylic acids is 1. The number of halogens is 3. The molecule has 0 bridgehead atoms. The van der Waals surface area contributed by atoms with Gasteiger partial charge in [0.25, 0.3) is 5.91 Å². The molecule has 1 aromatic heterocycles. The third kappa shape index (κ3) is 4.46. The molecule has 2 unspecified atom stereocenters. The Labute approximate surface area is 195 Å². The van der Waals surface area contributed by atoms with E-state index in [-0.39, 0.29) is 22.8 Å². The van der Waals surface area contributed by atoms with Crippen LogP contribution in [0.5, 0.6) is 0 Å². The Morgan fingerprint density at radius 2 is 2.12 bits per heavy atom. The Bertz CT molecular complexity index is 1080. The average Bonchev–Trinajstić information content (AvgIpc) is 3.39. The van der Waals surface area contributed by atoms with E-state index in [1.807, 2.05) is 35.1 Å². The molecule has 1 amide bonds. The fourth-order valence-corrected chi connectivity index (χ4v) is 5.90. The molecule has 4 rings (SSSR count). The number of alkyl halides is 3. The molecule has 0 saturated carbocycles. The van der Waals surface area contributed by atoms with E-state index in [9.17, 15) is 18.0 Å². The first-order chi connectivity index (χ1) is 15.7. The fourth-order valence-electron chi connectivity index (χ4n) is 5.01. The largest absolute Gasteiger partial charge is 0.417 e. The second-order valence-electron chi connectivity index (χ2n) is 8.85. The van der Waals surface area contributed by atoms with Crippen LogP contribution in [0.4, 0.5) is 18.9 Å². The molecular formula is C24H26F3N3O2S. The number of thiophene rings is 1. The number of rotatable bonds is 5. The van der Waals surface area contributed by atoms with Gasteiger partial charge in [0.15, 0.2) is 0 Å². The number of anilines is 1. The second-order valence-corrected chi connectivity index (χ2v) is 9.77. The first kappa shape index (κ1) is 23.6. The predicted octanol–water partition coefficient (Wildman–Crippen LogP) is 4.95. The first-order valence-corrected chi connectivity index (χ1v) is 11.8. The summed E-state index contributed by atoms with van der Waals surface area (Å²) >= 11 is 1.43. The van der Waals surface area contributed by atoms with Gasteiger partial charge in [-0.3, -0.25) is 4.79 Å². The molecule has 2 aliphatic heterocycles. The number of hydrogen-bond acceptors (Lipinski definition) is 5. The normalized spacial score (nSPS) is 22.8. The molecular weight excluding hydrogens is 451 g/mol. The van der Waals surface area contributed by atoms with Crippen LogP contribution in [0.3, 0.4) is 0 Å². The molecule has 2 saturated heterocycles. The number of piperidine rings is 1. The molecule has 1 aromatic carbocycles. The van der Waals surface area contributed by atoms with Crippen molar-refractivity contribution in [1.29, 1.82) is 5.26 Å². The maximum Gasteiger partial charge on any atom is 0.417 e. The third-order valence-corrected chi connectivity index (χ3v) is 7.87. The Kier molecular flexibility index (Phi) is 6.43. The van der Waals surface area contributed by atoms with Crippen LogP contribution in [-0.2, 0) is 10.9 Å². The monoisotopic (exact) mass is 477 g/mol. The molecule has 2 aromatic rings. The summed E-state index contributed by atoms with van der Waals surface area (Å²) in [5.74, 6) is 0.0871. The van der Waals surface area contributed by atoms with Gasteiger partial charge in [0.2, 0.25) is 0 Å². The summed E-state index contributed by atoms with van der Waals surface area (Å²) in [7, 11) is 0. The van der Waals surface area contributed by atoms with Crippen molar-refractivity contribution in [2.45, 2.75) is 26.4 Å². The van der Waals surface area contributed by atoms with Gasteiger partial charge in [-0.2, -0.15) is 18.4 Å². The van der Waals surface area contributed by atoms with Crippen molar-refractivity contribution >= 4 is 22.9 Å². The summed E-state index contributed by atoms with van der Waals surface area (Å²) in [6.07, 6.45) is -3.88. The van der Waals surface area contributed by atoms with E-state index in [1.54, 1.807) is 12.1 Å². The maximum absolute atomic E-state index is 13.5. The smallest absolute Gasteiger partial charge is 0.381 e.